The maximum atomic E-state index is 6.25. The molecular formula is C15H22OSi. The zero-order valence-corrected chi connectivity index (χ0v) is 12.6. The highest BCUT2D eigenvalue weighted by Gasteiger charge is 2.33. The second-order valence-corrected chi connectivity index (χ2v) is 8.41. The lowest BCUT2D eigenvalue weighted by molar-refractivity contribution is 0.222. The van der Waals surface area contributed by atoms with Crippen LogP contribution in [-0.2, 0) is 4.43 Å². The highest BCUT2D eigenvalue weighted by atomic mass is 28.3. The predicted molar refractivity (Wildman–Crippen MR) is 76.6 cm³/mol. The van der Waals surface area contributed by atoms with Crippen LogP contribution in [-0.4, -0.2) is 9.04 Å². The third kappa shape index (κ3) is 2.53. The molecule has 1 aliphatic rings. The summed E-state index contributed by atoms with van der Waals surface area (Å²) >= 11 is 0. The minimum absolute atomic E-state index is 0.174. The van der Waals surface area contributed by atoms with Crippen molar-refractivity contribution in [2.24, 2.45) is 5.41 Å². The van der Waals surface area contributed by atoms with Crippen molar-refractivity contribution in [3.63, 3.8) is 0 Å². The first-order chi connectivity index (χ1) is 7.89. The van der Waals surface area contributed by atoms with Gasteiger partial charge >= 0.3 is 0 Å². The van der Waals surface area contributed by atoms with Crippen LogP contribution in [0.5, 0.6) is 0 Å². The molecule has 0 radical (unpaired) electrons. The molecule has 17 heavy (non-hydrogen) atoms. The Labute approximate surface area is 106 Å². The second kappa shape index (κ2) is 4.43. The second-order valence-electron chi connectivity index (χ2n) is 6.04. The van der Waals surface area contributed by atoms with Crippen molar-refractivity contribution in [1.29, 1.82) is 0 Å². The average molecular weight is 246 g/mol. The van der Waals surface area contributed by atoms with Gasteiger partial charge in [-0.3, -0.25) is 0 Å². The Morgan fingerprint density at radius 2 is 1.76 bits per heavy atom. The van der Waals surface area contributed by atoms with Crippen molar-refractivity contribution in [3.05, 3.63) is 41.0 Å². The summed E-state index contributed by atoms with van der Waals surface area (Å²) in [5, 5.41) is 0. The van der Waals surface area contributed by atoms with Gasteiger partial charge in [-0.1, -0.05) is 51.1 Å². The summed E-state index contributed by atoms with van der Waals surface area (Å²) in [7, 11) is -1.03. The van der Waals surface area contributed by atoms with Crippen molar-refractivity contribution >= 4 is 15.1 Å². The summed E-state index contributed by atoms with van der Waals surface area (Å²) < 4.78 is 6.25. The monoisotopic (exact) mass is 246 g/mol. The molecule has 0 saturated carbocycles. The van der Waals surface area contributed by atoms with Gasteiger partial charge in [-0.2, -0.15) is 0 Å². The van der Waals surface area contributed by atoms with Crippen LogP contribution in [0.2, 0.25) is 13.1 Å². The molecule has 1 atom stereocenters. The van der Waals surface area contributed by atoms with E-state index in [9.17, 15) is 0 Å². The predicted octanol–water partition coefficient (Wildman–Crippen LogP) is 4.17. The highest BCUT2D eigenvalue weighted by Crippen LogP contribution is 2.45. The number of rotatable bonds is 2. The molecule has 92 valence electrons. The summed E-state index contributed by atoms with van der Waals surface area (Å²) in [5.74, 6) is 0. The van der Waals surface area contributed by atoms with E-state index in [1.807, 2.05) is 0 Å². The fourth-order valence-corrected chi connectivity index (χ4v) is 3.16. The molecule has 1 aromatic carbocycles. The van der Waals surface area contributed by atoms with Gasteiger partial charge in [0.15, 0.2) is 9.04 Å². The van der Waals surface area contributed by atoms with Crippen LogP contribution in [0.4, 0.5) is 0 Å². The van der Waals surface area contributed by atoms with E-state index in [4.69, 9.17) is 4.43 Å². The molecule has 0 aliphatic heterocycles. The van der Waals surface area contributed by atoms with Crippen LogP contribution in [0.1, 0.15) is 38.0 Å². The fourth-order valence-electron chi connectivity index (χ4n) is 2.32. The fraction of sp³-hybridized carbons (Fsp3) is 0.467. The van der Waals surface area contributed by atoms with Crippen LogP contribution in [0, 0.1) is 5.41 Å². The van der Waals surface area contributed by atoms with E-state index in [2.05, 4.69) is 64.2 Å². The molecule has 0 saturated heterocycles. The highest BCUT2D eigenvalue weighted by molar-refractivity contribution is 6.48. The summed E-state index contributed by atoms with van der Waals surface area (Å²) in [5.41, 5.74) is 4.27. The molecule has 1 nitrogen and oxygen atoms in total. The third-order valence-electron chi connectivity index (χ3n) is 3.15. The van der Waals surface area contributed by atoms with Crippen LogP contribution < -0.4 is 0 Å². The maximum absolute atomic E-state index is 6.25. The SMILES string of the molecule is C[SiH](C)OC1C(C(C)(C)C)=Cc2ccccc21. The first-order valence-corrected chi connectivity index (χ1v) is 9.14. The topological polar surface area (TPSA) is 9.23 Å². The van der Waals surface area contributed by atoms with E-state index in [1.165, 1.54) is 16.7 Å². The standard InChI is InChI=1S/C15H22OSi/c1-15(2,3)13-10-11-8-6-7-9-12(11)14(13)16-17(4)5/h6-10,14,17H,1-5H3. The van der Waals surface area contributed by atoms with E-state index < -0.39 is 9.04 Å². The Morgan fingerprint density at radius 3 is 2.35 bits per heavy atom. The number of hydrogen-bond acceptors (Lipinski definition) is 1. The molecule has 0 aromatic heterocycles. The molecule has 0 spiro atoms. The first-order valence-electron chi connectivity index (χ1n) is 6.36. The van der Waals surface area contributed by atoms with Crippen molar-refractivity contribution in [2.75, 3.05) is 0 Å². The van der Waals surface area contributed by atoms with E-state index >= 15 is 0 Å². The van der Waals surface area contributed by atoms with Gasteiger partial charge in [0.25, 0.3) is 0 Å². The Morgan fingerprint density at radius 1 is 1.12 bits per heavy atom. The molecule has 2 heteroatoms. The van der Waals surface area contributed by atoms with Gasteiger partial charge in [-0.25, -0.2) is 0 Å². The molecule has 1 unspecified atom stereocenters. The lowest BCUT2D eigenvalue weighted by Crippen LogP contribution is -2.20. The molecule has 0 fully saturated rings. The van der Waals surface area contributed by atoms with Crippen LogP contribution in [0.25, 0.3) is 6.08 Å². The normalized spacial score (nSPS) is 19.4. The summed E-state index contributed by atoms with van der Waals surface area (Å²) in [6.45, 7) is 11.3. The van der Waals surface area contributed by atoms with Gasteiger partial charge in [0, 0.05) is 0 Å². The Hall–Kier alpha value is -0.863. The zero-order valence-electron chi connectivity index (χ0n) is 11.4. The van der Waals surface area contributed by atoms with Crippen molar-refractivity contribution in [2.45, 2.75) is 40.0 Å². The maximum Gasteiger partial charge on any atom is 0.172 e. The summed E-state index contributed by atoms with van der Waals surface area (Å²) in [6, 6.07) is 8.60. The van der Waals surface area contributed by atoms with Crippen molar-refractivity contribution in [3.8, 4) is 0 Å². The van der Waals surface area contributed by atoms with Gasteiger partial charge < -0.3 is 4.43 Å². The molecule has 0 heterocycles. The van der Waals surface area contributed by atoms with E-state index in [0.29, 0.717) is 0 Å². The van der Waals surface area contributed by atoms with Gasteiger partial charge in [0.05, 0.1) is 6.10 Å². The van der Waals surface area contributed by atoms with E-state index in [-0.39, 0.29) is 11.5 Å². The molecule has 0 bridgehead atoms. The van der Waals surface area contributed by atoms with Gasteiger partial charge in [-0.15, -0.1) is 0 Å². The minimum atomic E-state index is -1.03. The zero-order chi connectivity index (χ0) is 12.6. The summed E-state index contributed by atoms with van der Waals surface area (Å²) in [4.78, 5) is 0. The molecule has 2 rings (SSSR count). The first kappa shape index (κ1) is 12.6. The number of fused-ring (bicyclic) bond motifs is 1. The average Bonchev–Trinajstić information content (AvgIpc) is 2.56. The molecule has 1 aromatic rings. The number of hydrogen-bond donors (Lipinski definition) is 0. The van der Waals surface area contributed by atoms with E-state index in [1.54, 1.807) is 0 Å². The number of benzene rings is 1. The molecule has 0 amide bonds. The molecule has 1 aliphatic carbocycles. The smallest absolute Gasteiger partial charge is 0.172 e. The quantitative estimate of drug-likeness (QED) is 0.712. The van der Waals surface area contributed by atoms with E-state index in [0.717, 1.165) is 0 Å². The molecular weight excluding hydrogens is 224 g/mol. The van der Waals surface area contributed by atoms with Crippen molar-refractivity contribution < 1.29 is 4.43 Å². The Balaban J connectivity index is 2.41. The summed E-state index contributed by atoms with van der Waals surface area (Å²) in [6.07, 6.45) is 2.51. The van der Waals surface area contributed by atoms with Crippen molar-refractivity contribution in [1.82, 2.24) is 0 Å². The lowest BCUT2D eigenvalue weighted by Gasteiger charge is -2.29. The Kier molecular flexibility index (Phi) is 3.28. The minimum Gasteiger partial charge on any atom is -0.410 e. The third-order valence-corrected chi connectivity index (χ3v) is 3.96. The van der Waals surface area contributed by atoms with Crippen LogP contribution in [0.15, 0.2) is 29.8 Å². The van der Waals surface area contributed by atoms with Gasteiger partial charge in [0.1, 0.15) is 0 Å². The lowest BCUT2D eigenvalue weighted by atomic mass is 9.84. The van der Waals surface area contributed by atoms with Crippen LogP contribution in [0.3, 0.4) is 0 Å². The largest absolute Gasteiger partial charge is 0.410 e. The van der Waals surface area contributed by atoms with Gasteiger partial charge in [0.2, 0.25) is 0 Å². The molecule has 0 N–H and O–H groups in total. The Bertz CT molecular complexity index is 440. The van der Waals surface area contributed by atoms with Crippen LogP contribution >= 0.6 is 0 Å². The van der Waals surface area contributed by atoms with Gasteiger partial charge in [-0.05, 0) is 35.2 Å².